The zero-order valence-electron chi connectivity index (χ0n) is 18.2. The number of nitrogens with one attached hydrogen (secondary N) is 1. The highest BCUT2D eigenvalue weighted by Crippen LogP contribution is 2.29. The molecule has 7 nitrogen and oxygen atoms in total. The van der Waals surface area contributed by atoms with E-state index in [0.29, 0.717) is 41.4 Å². The molecule has 0 heterocycles. The third kappa shape index (κ3) is 6.79. The van der Waals surface area contributed by atoms with E-state index >= 15 is 0 Å². The Bertz CT molecular complexity index is 1150. The van der Waals surface area contributed by atoms with Crippen molar-refractivity contribution in [3.63, 3.8) is 0 Å². The number of carbonyl (C=O) groups excluding carboxylic acids is 2. The van der Waals surface area contributed by atoms with Crippen LogP contribution >= 0.6 is 22.6 Å². The average Bonchev–Trinajstić information content (AvgIpc) is 2.81. The van der Waals surface area contributed by atoms with Gasteiger partial charge in [-0.15, -0.1) is 0 Å². The third-order valence-corrected chi connectivity index (χ3v) is 5.31. The molecule has 3 aromatic rings. The molecule has 3 aromatic carbocycles. The van der Waals surface area contributed by atoms with Crippen LogP contribution < -0.4 is 19.6 Å². The maximum atomic E-state index is 12.5. The minimum Gasteiger partial charge on any atom is -0.494 e. The Hall–Kier alpha value is -3.40. The molecule has 0 radical (unpaired) electrons. The maximum absolute atomic E-state index is 12.5. The van der Waals surface area contributed by atoms with Crippen molar-refractivity contribution in [3.05, 3.63) is 87.0 Å². The largest absolute Gasteiger partial charge is 0.494 e. The fraction of sp³-hybridized carbons (Fsp3) is 0.160. The van der Waals surface area contributed by atoms with Crippen molar-refractivity contribution in [3.8, 4) is 17.2 Å². The molecule has 0 spiro atoms. The van der Waals surface area contributed by atoms with Gasteiger partial charge >= 0.3 is 5.97 Å². The van der Waals surface area contributed by atoms with Crippen LogP contribution in [0.25, 0.3) is 0 Å². The predicted octanol–water partition coefficient (Wildman–Crippen LogP) is 5.07. The second kappa shape index (κ2) is 12.0. The highest BCUT2D eigenvalue weighted by Gasteiger charge is 2.14. The monoisotopic (exact) mass is 558 g/mol. The van der Waals surface area contributed by atoms with Crippen molar-refractivity contribution >= 4 is 40.7 Å². The van der Waals surface area contributed by atoms with Crippen molar-refractivity contribution in [2.24, 2.45) is 5.10 Å². The Morgan fingerprint density at radius 2 is 1.67 bits per heavy atom. The summed E-state index contributed by atoms with van der Waals surface area (Å²) >= 11 is 2.10. The van der Waals surface area contributed by atoms with E-state index in [1.165, 1.54) is 6.21 Å². The Morgan fingerprint density at radius 3 is 2.36 bits per heavy atom. The van der Waals surface area contributed by atoms with Crippen LogP contribution in [0.4, 0.5) is 0 Å². The Labute approximate surface area is 205 Å². The van der Waals surface area contributed by atoms with Crippen LogP contribution in [0.15, 0.2) is 71.8 Å². The fourth-order valence-corrected chi connectivity index (χ4v) is 3.47. The number of halogens is 1. The van der Waals surface area contributed by atoms with Gasteiger partial charge in [-0.1, -0.05) is 12.1 Å². The smallest absolute Gasteiger partial charge is 0.343 e. The van der Waals surface area contributed by atoms with Gasteiger partial charge in [0, 0.05) is 3.57 Å². The topological polar surface area (TPSA) is 86.2 Å². The molecule has 0 atom stereocenters. The van der Waals surface area contributed by atoms with Crippen LogP contribution in [0.1, 0.15) is 40.1 Å². The number of rotatable bonds is 9. The zero-order valence-corrected chi connectivity index (χ0v) is 20.4. The van der Waals surface area contributed by atoms with Gasteiger partial charge in [0.2, 0.25) is 0 Å². The Balaban J connectivity index is 1.69. The highest BCUT2D eigenvalue weighted by molar-refractivity contribution is 14.1. The van der Waals surface area contributed by atoms with Crippen molar-refractivity contribution in [2.75, 3.05) is 13.2 Å². The second-order valence-corrected chi connectivity index (χ2v) is 7.83. The van der Waals surface area contributed by atoms with Gasteiger partial charge in [0.15, 0.2) is 11.5 Å². The highest BCUT2D eigenvalue weighted by atomic mass is 127. The van der Waals surface area contributed by atoms with E-state index in [2.05, 4.69) is 33.1 Å². The average molecular weight is 558 g/mol. The number of benzene rings is 3. The molecule has 0 aromatic heterocycles. The first kappa shape index (κ1) is 24.2. The lowest BCUT2D eigenvalue weighted by atomic mass is 10.2. The summed E-state index contributed by atoms with van der Waals surface area (Å²) in [4.78, 5) is 24.8. The molecule has 0 aliphatic heterocycles. The number of hydrogen-bond acceptors (Lipinski definition) is 6. The number of hydrazone groups is 1. The lowest BCUT2D eigenvalue weighted by Crippen LogP contribution is -2.18. The molecule has 8 heteroatoms. The van der Waals surface area contributed by atoms with Gasteiger partial charge in [-0.05, 0) is 96.6 Å². The number of ether oxygens (including phenoxy) is 3. The molecule has 0 bridgehead atoms. The second-order valence-electron chi connectivity index (χ2n) is 6.67. The normalized spacial score (nSPS) is 10.6. The molecular weight excluding hydrogens is 535 g/mol. The lowest BCUT2D eigenvalue weighted by molar-refractivity contribution is 0.0728. The van der Waals surface area contributed by atoms with Crippen LogP contribution in [0.3, 0.4) is 0 Å². The molecule has 1 N–H and O–H groups in total. The first-order valence-electron chi connectivity index (χ1n) is 10.3. The third-order valence-electron chi connectivity index (χ3n) is 4.37. The van der Waals surface area contributed by atoms with Gasteiger partial charge in [-0.3, -0.25) is 4.79 Å². The van der Waals surface area contributed by atoms with E-state index in [0.717, 1.165) is 3.57 Å². The quantitative estimate of drug-likeness (QED) is 0.130. The first-order chi connectivity index (χ1) is 16.0. The molecule has 0 saturated heterocycles. The molecule has 0 aliphatic rings. The van der Waals surface area contributed by atoms with Gasteiger partial charge in [0.1, 0.15) is 5.75 Å². The van der Waals surface area contributed by atoms with E-state index < -0.39 is 5.97 Å². The van der Waals surface area contributed by atoms with Crippen molar-refractivity contribution in [2.45, 2.75) is 13.8 Å². The molecule has 0 fully saturated rings. The minimum absolute atomic E-state index is 0.288. The molecular formula is C25H23IN2O5. The molecule has 3 rings (SSSR count). The molecule has 0 saturated carbocycles. The number of hydrogen-bond donors (Lipinski definition) is 1. The predicted molar refractivity (Wildman–Crippen MR) is 134 cm³/mol. The van der Waals surface area contributed by atoms with Crippen molar-refractivity contribution in [1.29, 1.82) is 0 Å². The maximum Gasteiger partial charge on any atom is 0.343 e. The summed E-state index contributed by atoms with van der Waals surface area (Å²) in [5.74, 6) is 0.550. The Kier molecular flexibility index (Phi) is 8.82. The molecule has 1 amide bonds. The van der Waals surface area contributed by atoms with Gasteiger partial charge in [0.25, 0.3) is 5.91 Å². The summed E-state index contributed by atoms with van der Waals surface area (Å²) in [6.45, 7) is 4.66. The van der Waals surface area contributed by atoms with E-state index in [1.54, 1.807) is 54.6 Å². The van der Waals surface area contributed by atoms with Crippen molar-refractivity contribution < 1.29 is 23.8 Å². The lowest BCUT2D eigenvalue weighted by Gasteiger charge is -2.11. The van der Waals surface area contributed by atoms with E-state index in [4.69, 9.17) is 14.2 Å². The van der Waals surface area contributed by atoms with Gasteiger partial charge in [0.05, 0.1) is 30.6 Å². The summed E-state index contributed by atoms with van der Waals surface area (Å²) in [5, 5.41) is 4.02. The van der Waals surface area contributed by atoms with Crippen LogP contribution in [-0.2, 0) is 0 Å². The van der Waals surface area contributed by atoms with E-state index in [-0.39, 0.29) is 11.7 Å². The Morgan fingerprint density at radius 1 is 0.939 bits per heavy atom. The minimum atomic E-state index is -0.509. The molecule has 33 heavy (non-hydrogen) atoms. The standard InChI is InChI=1S/C25H23IN2O5/c1-3-31-19-12-10-18(11-13-19)25(30)33-22-14-9-17(15-23(22)32-4-2)16-27-28-24(29)20-7-5-6-8-21(20)26/h5-16H,3-4H2,1-2H3,(H,28,29)/b27-16+. The summed E-state index contributed by atoms with van der Waals surface area (Å²) < 4.78 is 17.4. The van der Waals surface area contributed by atoms with Crippen LogP contribution in [0, 0.1) is 3.57 Å². The number of carbonyl (C=O) groups is 2. The zero-order chi connectivity index (χ0) is 23.6. The summed E-state index contributed by atoms with van der Waals surface area (Å²) in [6.07, 6.45) is 1.49. The van der Waals surface area contributed by atoms with Gasteiger partial charge in [-0.25, -0.2) is 10.2 Å². The van der Waals surface area contributed by atoms with Crippen molar-refractivity contribution in [1.82, 2.24) is 5.43 Å². The van der Waals surface area contributed by atoms with Gasteiger partial charge in [-0.2, -0.15) is 5.10 Å². The van der Waals surface area contributed by atoms with Crippen LogP contribution in [0.2, 0.25) is 0 Å². The van der Waals surface area contributed by atoms with Crippen LogP contribution in [0.5, 0.6) is 17.2 Å². The van der Waals surface area contributed by atoms with Crippen LogP contribution in [-0.4, -0.2) is 31.3 Å². The number of nitrogens with zero attached hydrogens (tertiary/aromatic N) is 1. The fourth-order valence-electron chi connectivity index (χ4n) is 2.84. The van der Waals surface area contributed by atoms with Gasteiger partial charge < -0.3 is 14.2 Å². The molecule has 0 unspecified atom stereocenters. The SMILES string of the molecule is CCOc1ccc(C(=O)Oc2ccc(/C=N/NC(=O)c3ccccc3I)cc2OCC)cc1. The molecule has 0 aliphatic carbocycles. The summed E-state index contributed by atoms with van der Waals surface area (Å²) in [6, 6.07) is 19.0. The number of amides is 1. The van der Waals surface area contributed by atoms with E-state index in [9.17, 15) is 9.59 Å². The number of esters is 1. The summed E-state index contributed by atoms with van der Waals surface area (Å²) in [5.41, 5.74) is 4.12. The van der Waals surface area contributed by atoms with E-state index in [1.807, 2.05) is 26.0 Å². The first-order valence-corrected chi connectivity index (χ1v) is 11.4. The summed E-state index contributed by atoms with van der Waals surface area (Å²) in [7, 11) is 0. The molecule has 170 valence electrons.